The predicted molar refractivity (Wildman–Crippen MR) is 60.9 cm³/mol. The lowest BCUT2D eigenvalue weighted by Crippen LogP contribution is -1.98. The van der Waals surface area contributed by atoms with Crippen LogP contribution in [0, 0.1) is 0 Å². The maximum Gasteiger partial charge on any atom is 0.173 e. The number of rotatable bonds is 2. The van der Waals surface area contributed by atoms with Crippen LogP contribution in [0.4, 0.5) is 0 Å². The van der Waals surface area contributed by atoms with Gasteiger partial charge in [-0.15, -0.1) is 0 Å². The molecule has 0 atom stereocenters. The van der Waals surface area contributed by atoms with E-state index in [1.807, 2.05) is 30.3 Å². The summed E-state index contributed by atoms with van der Waals surface area (Å²) in [5.41, 5.74) is 0.763. The van der Waals surface area contributed by atoms with Crippen LogP contribution in [0.2, 0.25) is 0 Å². The molecule has 1 rings (SSSR count). The van der Waals surface area contributed by atoms with Crippen molar-refractivity contribution in [2.24, 2.45) is 0 Å². The van der Waals surface area contributed by atoms with Crippen molar-refractivity contribution in [2.45, 2.75) is 13.8 Å². The van der Waals surface area contributed by atoms with Gasteiger partial charge >= 0.3 is 0 Å². The van der Waals surface area contributed by atoms with Crippen LogP contribution in [0.15, 0.2) is 30.3 Å². The van der Waals surface area contributed by atoms with E-state index < -0.39 is 0 Å². The summed E-state index contributed by atoms with van der Waals surface area (Å²) >= 11 is 3.10. The lowest BCUT2D eigenvalue weighted by molar-refractivity contribution is -0.114. The van der Waals surface area contributed by atoms with Gasteiger partial charge in [0, 0.05) is 5.56 Å². The summed E-state index contributed by atoms with van der Waals surface area (Å²) < 4.78 is 0. The molecule has 0 bridgehead atoms. The van der Waals surface area contributed by atoms with E-state index in [1.54, 1.807) is 0 Å². The third kappa shape index (κ3) is 6.54. The van der Waals surface area contributed by atoms with Crippen molar-refractivity contribution in [2.75, 3.05) is 5.33 Å². The van der Waals surface area contributed by atoms with Crippen LogP contribution in [0.25, 0.3) is 0 Å². The van der Waals surface area contributed by atoms with Gasteiger partial charge in [0.05, 0.1) is 5.33 Å². The minimum atomic E-state index is 0.126. The Hall–Kier alpha value is -0.960. The first-order valence-corrected chi connectivity index (χ1v) is 5.31. The number of Topliss-reactive ketones (excluding diaryl/α,β-unsaturated/α-hetero) is 2. The molecule has 3 heteroatoms. The second kappa shape index (κ2) is 7.44. The fourth-order valence-electron chi connectivity index (χ4n) is 0.701. The smallest absolute Gasteiger partial charge is 0.173 e. The van der Waals surface area contributed by atoms with E-state index in [0.717, 1.165) is 5.56 Å². The number of alkyl halides is 1. The largest absolute Gasteiger partial charge is 0.300 e. The number of carbonyl (C=O) groups excluding carboxylic acids is 2. The Bertz CT molecular complexity index is 289. The molecule has 76 valence electrons. The molecule has 0 saturated heterocycles. The topological polar surface area (TPSA) is 34.1 Å². The highest BCUT2D eigenvalue weighted by Gasteiger charge is 1.99. The SMILES string of the molecule is CC(C)=O.O=C(CBr)c1ccccc1. The van der Waals surface area contributed by atoms with Crippen LogP contribution in [0.3, 0.4) is 0 Å². The van der Waals surface area contributed by atoms with Crippen molar-refractivity contribution in [3.05, 3.63) is 35.9 Å². The average Bonchev–Trinajstić information content (AvgIpc) is 2.17. The van der Waals surface area contributed by atoms with Crippen LogP contribution in [0.5, 0.6) is 0 Å². The standard InChI is InChI=1S/C8H7BrO.C3H6O/c9-6-8(10)7-4-2-1-3-5-7;1-3(2)4/h1-5H,6H2;1-2H3. The number of hydrogen-bond acceptors (Lipinski definition) is 2. The first kappa shape index (κ1) is 13.0. The summed E-state index contributed by atoms with van der Waals surface area (Å²) in [6, 6.07) is 9.23. The minimum Gasteiger partial charge on any atom is -0.300 e. The summed E-state index contributed by atoms with van der Waals surface area (Å²) in [7, 11) is 0. The number of hydrogen-bond donors (Lipinski definition) is 0. The molecule has 0 aliphatic rings. The van der Waals surface area contributed by atoms with Gasteiger partial charge in [-0.25, -0.2) is 0 Å². The Labute approximate surface area is 92.5 Å². The molecule has 0 saturated carbocycles. The second-order valence-corrected chi connectivity index (χ2v) is 3.39. The summed E-state index contributed by atoms with van der Waals surface area (Å²) in [5.74, 6) is 0.292. The van der Waals surface area contributed by atoms with Gasteiger partial charge in [-0.2, -0.15) is 0 Å². The van der Waals surface area contributed by atoms with Gasteiger partial charge in [-0.1, -0.05) is 46.3 Å². The Morgan fingerprint density at radius 2 is 1.57 bits per heavy atom. The summed E-state index contributed by atoms with van der Waals surface area (Å²) in [4.78, 5) is 20.4. The van der Waals surface area contributed by atoms with Crippen molar-refractivity contribution in [1.82, 2.24) is 0 Å². The second-order valence-electron chi connectivity index (χ2n) is 2.83. The molecule has 0 heterocycles. The molecule has 1 aromatic carbocycles. The predicted octanol–water partition coefficient (Wildman–Crippen LogP) is 2.86. The Morgan fingerprint density at radius 1 is 1.14 bits per heavy atom. The van der Waals surface area contributed by atoms with Gasteiger partial charge in [-0.3, -0.25) is 4.79 Å². The zero-order chi connectivity index (χ0) is 11.0. The molecule has 0 aliphatic heterocycles. The van der Waals surface area contributed by atoms with E-state index in [9.17, 15) is 9.59 Å². The first-order valence-electron chi connectivity index (χ1n) is 4.19. The quantitative estimate of drug-likeness (QED) is 0.603. The summed E-state index contributed by atoms with van der Waals surface area (Å²) in [6.45, 7) is 3.06. The highest BCUT2D eigenvalue weighted by molar-refractivity contribution is 9.09. The third-order valence-electron chi connectivity index (χ3n) is 1.22. The van der Waals surface area contributed by atoms with E-state index in [2.05, 4.69) is 15.9 Å². The molecule has 2 nitrogen and oxygen atoms in total. The number of ketones is 2. The normalized spacial score (nSPS) is 8.50. The lowest BCUT2D eigenvalue weighted by atomic mass is 10.2. The van der Waals surface area contributed by atoms with Gasteiger partial charge in [0.1, 0.15) is 5.78 Å². The molecular weight excluding hydrogens is 244 g/mol. The molecule has 0 spiro atoms. The van der Waals surface area contributed by atoms with E-state index in [4.69, 9.17) is 0 Å². The third-order valence-corrected chi connectivity index (χ3v) is 1.73. The van der Waals surface area contributed by atoms with Crippen LogP contribution < -0.4 is 0 Å². The van der Waals surface area contributed by atoms with E-state index in [1.165, 1.54) is 13.8 Å². The van der Waals surface area contributed by atoms with Gasteiger partial charge in [0.2, 0.25) is 0 Å². The molecule has 1 aromatic rings. The lowest BCUT2D eigenvalue weighted by Gasteiger charge is -1.92. The molecule has 0 aromatic heterocycles. The van der Waals surface area contributed by atoms with Crippen LogP contribution in [-0.2, 0) is 4.79 Å². The zero-order valence-corrected chi connectivity index (χ0v) is 9.87. The monoisotopic (exact) mass is 256 g/mol. The van der Waals surface area contributed by atoms with Gasteiger partial charge in [0.25, 0.3) is 0 Å². The van der Waals surface area contributed by atoms with E-state index in [-0.39, 0.29) is 11.6 Å². The van der Waals surface area contributed by atoms with Gasteiger partial charge < -0.3 is 4.79 Å². The Kier molecular flexibility index (Phi) is 6.93. The van der Waals surface area contributed by atoms with Crippen LogP contribution in [0.1, 0.15) is 24.2 Å². The van der Waals surface area contributed by atoms with Gasteiger partial charge in [0.15, 0.2) is 5.78 Å². The highest BCUT2D eigenvalue weighted by Crippen LogP contribution is 2.01. The average molecular weight is 257 g/mol. The summed E-state index contributed by atoms with van der Waals surface area (Å²) in [5, 5.41) is 0.400. The Balaban J connectivity index is 0.000000364. The first-order chi connectivity index (χ1) is 6.57. The molecule has 0 unspecified atom stereocenters. The Morgan fingerprint density at radius 3 is 1.93 bits per heavy atom. The fourth-order valence-corrected chi connectivity index (χ4v) is 1.02. The fraction of sp³-hybridized carbons (Fsp3) is 0.273. The maximum atomic E-state index is 11.0. The zero-order valence-electron chi connectivity index (χ0n) is 8.29. The molecule has 0 N–H and O–H groups in total. The number of halogens is 1. The van der Waals surface area contributed by atoms with Crippen LogP contribution >= 0.6 is 15.9 Å². The highest BCUT2D eigenvalue weighted by atomic mass is 79.9. The van der Waals surface area contributed by atoms with E-state index in [0.29, 0.717) is 5.33 Å². The molecule has 0 amide bonds. The van der Waals surface area contributed by atoms with Crippen LogP contribution in [-0.4, -0.2) is 16.9 Å². The molecule has 0 fully saturated rings. The van der Waals surface area contributed by atoms with Gasteiger partial charge in [-0.05, 0) is 13.8 Å². The molecular formula is C11H13BrO2. The minimum absolute atomic E-state index is 0.126. The van der Waals surface area contributed by atoms with Crippen molar-refractivity contribution >= 4 is 27.5 Å². The molecule has 0 aliphatic carbocycles. The van der Waals surface area contributed by atoms with Crippen molar-refractivity contribution in [3.8, 4) is 0 Å². The van der Waals surface area contributed by atoms with Crippen molar-refractivity contribution < 1.29 is 9.59 Å². The molecule has 14 heavy (non-hydrogen) atoms. The summed E-state index contributed by atoms with van der Waals surface area (Å²) in [6.07, 6.45) is 0. The van der Waals surface area contributed by atoms with E-state index >= 15 is 0 Å². The number of benzene rings is 1. The number of carbonyl (C=O) groups is 2. The maximum absolute atomic E-state index is 11.0. The molecule has 0 radical (unpaired) electrons. The van der Waals surface area contributed by atoms with Crippen molar-refractivity contribution in [1.29, 1.82) is 0 Å². The van der Waals surface area contributed by atoms with Crippen molar-refractivity contribution in [3.63, 3.8) is 0 Å².